The Bertz CT molecular complexity index is 691. The van der Waals surface area contributed by atoms with Crippen molar-refractivity contribution < 1.29 is 19.0 Å². The maximum absolute atomic E-state index is 13.6. The van der Waals surface area contributed by atoms with E-state index in [1.165, 1.54) is 6.07 Å². The van der Waals surface area contributed by atoms with Gasteiger partial charge in [-0.3, -0.25) is 4.79 Å². The van der Waals surface area contributed by atoms with Gasteiger partial charge in [0.05, 0.1) is 13.2 Å². The first-order chi connectivity index (χ1) is 12.0. The number of aliphatic hydroxyl groups excluding tert-OH is 1. The average Bonchev–Trinajstić information content (AvgIpc) is 2.60. The van der Waals surface area contributed by atoms with Crippen molar-refractivity contribution in [3.63, 3.8) is 0 Å². The molecule has 3 N–H and O–H groups in total. The fourth-order valence-electron chi connectivity index (χ4n) is 2.40. The Hall–Kier alpha value is -2.44. The molecule has 0 aromatic heterocycles. The molecule has 0 aliphatic carbocycles. The predicted octanol–water partition coefficient (Wildman–Crippen LogP) is 2.87. The number of ether oxygens (including phenoxy) is 1. The number of benzene rings is 2. The number of nitrogens with one attached hydrogen (secondary N) is 2. The maximum atomic E-state index is 13.6. The van der Waals surface area contributed by atoms with Crippen LogP contribution in [0.15, 0.2) is 48.5 Å². The third-order valence-electron chi connectivity index (χ3n) is 3.79. The van der Waals surface area contributed by atoms with Gasteiger partial charge in [0.1, 0.15) is 11.6 Å². The van der Waals surface area contributed by atoms with Crippen LogP contribution in [0.5, 0.6) is 5.75 Å². The van der Waals surface area contributed by atoms with E-state index in [0.717, 1.165) is 5.75 Å². The largest absolute Gasteiger partial charge is 0.497 e. The van der Waals surface area contributed by atoms with Crippen LogP contribution in [-0.4, -0.2) is 30.7 Å². The standard InChI is InChI=1S/C19H23FN2O3/c1-13(21-12-18(23)16-5-3-4-6-17(16)20)11-19(24)22-14-7-9-15(25-2)10-8-14/h3-10,13,18,21,23H,11-12H2,1-2H3,(H,22,24). The summed E-state index contributed by atoms with van der Waals surface area (Å²) in [6.45, 7) is 2.00. The normalized spacial score (nSPS) is 13.1. The van der Waals surface area contributed by atoms with E-state index in [0.29, 0.717) is 5.69 Å². The van der Waals surface area contributed by atoms with Crippen molar-refractivity contribution >= 4 is 11.6 Å². The van der Waals surface area contributed by atoms with Crippen molar-refractivity contribution in [1.82, 2.24) is 5.32 Å². The summed E-state index contributed by atoms with van der Waals surface area (Å²) in [5, 5.41) is 15.9. The number of hydrogen-bond acceptors (Lipinski definition) is 4. The Morgan fingerprint density at radius 2 is 1.88 bits per heavy atom. The lowest BCUT2D eigenvalue weighted by molar-refractivity contribution is -0.116. The molecular formula is C19H23FN2O3. The third kappa shape index (κ3) is 5.85. The predicted molar refractivity (Wildman–Crippen MR) is 95.1 cm³/mol. The van der Waals surface area contributed by atoms with Gasteiger partial charge in [-0.1, -0.05) is 18.2 Å². The summed E-state index contributed by atoms with van der Waals surface area (Å²) in [4.78, 5) is 12.0. The highest BCUT2D eigenvalue weighted by Crippen LogP contribution is 2.17. The van der Waals surface area contributed by atoms with E-state index in [4.69, 9.17) is 4.74 Å². The number of aliphatic hydroxyl groups is 1. The molecule has 0 saturated carbocycles. The molecule has 0 fully saturated rings. The first-order valence-corrected chi connectivity index (χ1v) is 8.09. The fourth-order valence-corrected chi connectivity index (χ4v) is 2.40. The maximum Gasteiger partial charge on any atom is 0.225 e. The molecule has 1 amide bonds. The second-order valence-electron chi connectivity index (χ2n) is 5.83. The van der Waals surface area contributed by atoms with Gasteiger partial charge in [-0.25, -0.2) is 4.39 Å². The van der Waals surface area contributed by atoms with Crippen LogP contribution < -0.4 is 15.4 Å². The van der Waals surface area contributed by atoms with Gasteiger partial charge in [0, 0.05) is 30.3 Å². The third-order valence-corrected chi connectivity index (χ3v) is 3.79. The van der Waals surface area contributed by atoms with Gasteiger partial charge in [0.15, 0.2) is 0 Å². The average molecular weight is 346 g/mol. The molecule has 5 nitrogen and oxygen atoms in total. The number of amides is 1. The van der Waals surface area contributed by atoms with Gasteiger partial charge < -0.3 is 20.5 Å². The zero-order valence-electron chi connectivity index (χ0n) is 14.3. The molecule has 6 heteroatoms. The molecule has 2 aromatic carbocycles. The summed E-state index contributed by atoms with van der Waals surface area (Å²) in [5.41, 5.74) is 0.925. The summed E-state index contributed by atoms with van der Waals surface area (Å²) >= 11 is 0. The monoisotopic (exact) mass is 346 g/mol. The van der Waals surface area contributed by atoms with E-state index < -0.39 is 11.9 Å². The topological polar surface area (TPSA) is 70.6 Å². The second-order valence-corrected chi connectivity index (χ2v) is 5.83. The minimum Gasteiger partial charge on any atom is -0.497 e. The number of rotatable bonds is 8. The van der Waals surface area contributed by atoms with Crippen LogP contribution in [0.2, 0.25) is 0 Å². The molecule has 0 heterocycles. The van der Waals surface area contributed by atoms with Crippen molar-refractivity contribution in [2.75, 3.05) is 19.0 Å². The lowest BCUT2D eigenvalue weighted by Crippen LogP contribution is -2.33. The van der Waals surface area contributed by atoms with Crippen molar-refractivity contribution in [1.29, 1.82) is 0 Å². The number of halogens is 1. The molecule has 0 spiro atoms. The molecule has 2 aromatic rings. The first-order valence-electron chi connectivity index (χ1n) is 8.09. The van der Waals surface area contributed by atoms with Crippen LogP contribution in [0.1, 0.15) is 25.0 Å². The van der Waals surface area contributed by atoms with E-state index in [2.05, 4.69) is 10.6 Å². The van der Waals surface area contributed by atoms with Gasteiger partial charge in [0.25, 0.3) is 0 Å². The zero-order chi connectivity index (χ0) is 18.2. The van der Waals surface area contributed by atoms with Crippen LogP contribution >= 0.6 is 0 Å². The second kappa shape index (κ2) is 9.15. The molecule has 2 rings (SSSR count). The van der Waals surface area contributed by atoms with Gasteiger partial charge in [-0.15, -0.1) is 0 Å². The van der Waals surface area contributed by atoms with Crippen LogP contribution in [0.4, 0.5) is 10.1 Å². The van der Waals surface area contributed by atoms with E-state index in [9.17, 15) is 14.3 Å². The Morgan fingerprint density at radius 3 is 2.52 bits per heavy atom. The van der Waals surface area contributed by atoms with Crippen molar-refractivity contribution in [2.24, 2.45) is 0 Å². The van der Waals surface area contributed by atoms with Crippen LogP contribution in [-0.2, 0) is 4.79 Å². The molecule has 134 valence electrons. The van der Waals surface area contributed by atoms with Crippen molar-refractivity contribution in [3.8, 4) is 5.75 Å². The van der Waals surface area contributed by atoms with Gasteiger partial charge in [-0.05, 0) is 37.3 Å². The summed E-state index contributed by atoms with van der Waals surface area (Å²) < 4.78 is 18.7. The minimum absolute atomic E-state index is 0.148. The minimum atomic E-state index is -0.965. The fraction of sp³-hybridized carbons (Fsp3) is 0.316. The number of methoxy groups -OCH3 is 1. The Kier molecular flexibility index (Phi) is 6.91. The first kappa shape index (κ1) is 18.9. The lowest BCUT2D eigenvalue weighted by atomic mass is 10.1. The molecule has 0 bridgehead atoms. The van der Waals surface area contributed by atoms with Gasteiger partial charge in [-0.2, -0.15) is 0 Å². The molecule has 0 aliphatic rings. The van der Waals surface area contributed by atoms with Gasteiger partial charge >= 0.3 is 0 Å². The summed E-state index contributed by atoms with van der Waals surface area (Å²) in [5.74, 6) is 0.127. The van der Waals surface area contributed by atoms with Crippen molar-refractivity contribution in [2.45, 2.75) is 25.5 Å². The zero-order valence-corrected chi connectivity index (χ0v) is 14.3. The molecule has 0 saturated heterocycles. The Morgan fingerprint density at radius 1 is 1.20 bits per heavy atom. The lowest BCUT2D eigenvalue weighted by Gasteiger charge is -2.17. The molecule has 2 unspecified atom stereocenters. The smallest absolute Gasteiger partial charge is 0.225 e. The number of anilines is 1. The molecule has 25 heavy (non-hydrogen) atoms. The SMILES string of the molecule is COc1ccc(NC(=O)CC(C)NCC(O)c2ccccc2F)cc1. The van der Waals surface area contributed by atoms with E-state index in [1.807, 2.05) is 6.92 Å². The Balaban J connectivity index is 1.78. The van der Waals surface area contributed by atoms with E-state index in [1.54, 1.807) is 49.6 Å². The Labute approximate surface area is 146 Å². The van der Waals surface area contributed by atoms with Crippen LogP contribution in [0.25, 0.3) is 0 Å². The molecule has 0 radical (unpaired) electrons. The highest BCUT2D eigenvalue weighted by Gasteiger charge is 2.15. The summed E-state index contributed by atoms with van der Waals surface area (Å²) in [7, 11) is 1.58. The molecular weight excluding hydrogens is 323 g/mol. The molecule has 2 atom stereocenters. The summed E-state index contributed by atoms with van der Waals surface area (Å²) in [6, 6.07) is 13.0. The highest BCUT2D eigenvalue weighted by molar-refractivity contribution is 5.91. The van der Waals surface area contributed by atoms with E-state index in [-0.39, 0.29) is 30.5 Å². The van der Waals surface area contributed by atoms with E-state index >= 15 is 0 Å². The van der Waals surface area contributed by atoms with Crippen molar-refractivity contribution in [3.05, 3.63) is 59.9 Å². The quantitative estimate of drug-likeness (QED) is 0.687. The number of carbonyl (C=O) groups excluding carboxylic acids is 1. The number of hydrogen-bond donors (Lipinski definition) is 3. The molecule has 0 aliphatic heterocycles. The number of carbonyl (C=O) groups is 1. The summed E-state index contributed by atoms with van der Waals surface area (Å²) in [6.07, 6.45) is -0.732. The van der Waals surface area contributed by atoms with Crippen LogP contribution in [0.3, 0.4) is 0 Å². The van der Waals surface area contributed by atoms with Crippen LogP contribution in [0, 0.1) is 5.82 Å². The van der Waals surface area contributed by atoms with Gasteiger partial charge in [0.2, 0.25) is 5.91 Å². The highest BCUT2D eigenvalue weighted by atomic mass is 19.1.